The van der Waals surface area contributed by atoms with Gasteiger partial charge < -0.3 is 10.2 Å². The van der Waals surface area contributed by atoms with Gasteiger partial charge in [0.1, 0.15) is 6.07 Å². The summed E-state index contributed by atoms with van der Waals surface area (Å²) >= 11 is 0. The normalized spacial score (nSPS) is 9.13. The van der Waals surface area contributed by atoms with Crippen molar-refractivity contribution >= 4 is 11.7 Å². The van der Waals surface area contributed by atoms with Crippen molar-refractivity contribution in [2.24, 2.45) is 0 Å². The standard InChI is InChI=1S/C9H11N5O/c1-14(2)8(15)6-13-9-7(5-10)11-3-4-12-9/h3-4H,6H2,1-2H3,(H,12,13). The van der Waals surface area contributed by atoms with E-state index in [4.69, 9.17) is 5.26 Å². The van der Waals surface area contributed by atoms with Crippen molar-refractivity contribution < 1.29 is 4.79 Å². The second-order valence-electron chi connectivity index (χ2n) is 3.01. The fourth-order valence-electron chi connectivity index (χ4n) is 0.867. The summed E-state index contributed by atoms with van der Waals surface area (Å²) < 4.78 is 0. The van der Waals surface area contributed by atoms with E-state index < -0.39 is 0 Å². The van der Waals surface area contributed by atoms with Crippen LogP contribution in [0.15, 0.2) is 12.4 Å². The van der Waals surface area contributed by atoms with Gasteiger partial charge in [0.25, 0.3) is 0 Å². The Balaban J connectivity index is 2.66. The second kappa shape index (κ2) is 4.91. The molecule has 0 unspecified atom stereocenters. The predicted octanol–water partition coefficient (Wildman–Crippen LogP) is -0.152. The summed E-state index contributed by atoms with van der Waals surface area (Å²) in [5.41, 5.74) is 0.184. The first-order valence-electron chi connectivity index (χ1n) is 4.30. The minimum atomic E-state index is -0.0930. The van der Waals surface area contributed by atoms with Gasteiger partial charge in [-0.3, -0.25) is 4.79 Å². The van der Waals surface area contributed by atoms with Gasteiger partial charge in [-0.25, -0.2) is 9.97 Å². The molecule has 6 heteroatoms. The first-order valence-corrected chi connectivity index (χ1v) is 4.30. The smallest absolute Gasteiger partial charge is 0.241 e. The first-order chi connectivity index (χ1) is 7.15. The molecule has 0 saturated heterocycles. The molecule has 0 radical (unpaired) electrons. The number of hydrogen-bond acceptors (Lipinski definition) is 5. The molecule has 1 aromatic rings. The van der Waals surface area contributed by atoms with Crippen LogP contribution in [0.25, 0.3) is 0 Å². The molecule has 78 valence electrons. The molecule has 0 bridgehead atoms. The lowest BCUT2D eigenvalue weighted by atomic mass is 10.4. The molecule has 1 amide bonds. The number of aromatic nitrogens is 2. The fraction of sp³-hybridized carbons (Fsp3) is 0.333. The van der Waals surface area contributed by atoms with Crippen molar-refractivity contribution in [3.8, 4) is 6.07 Å². The zero-order chi connectivity index (χ0) is 11.3. The van der Waals surface area contributed by atoms with Crippen LogP contribution in [0.5, 0.6) is 0 Å². The summed E-state index contributed by atoms with van der Waals surface area (Å²) in [5.74, 6) is 0.236. The topological polar surface area (TPSA) is 81.9 Å². The molecule has 1 rings (SSSR count). The Morgan fingerprint density at radius 1 is 1.53 bits per heavy atom. The van der Waals surface area contributed by atoms with Crippen molar-refractivity contribution in [3.05, 3.63) is 18.1 Å². The molecule has 0 atom stereocenters. The Labute approximate surface area is 87.6 Å². The number of likely N-dealkylation sites (N-methyl/N-ethyl adjacent to an activating group) is 1. The first kappa shape index (κ1) is 10.9. The van der Waals surface area contributed by atoms with Gasteiger partial charge in [0.05, 0.1) is 6.54 Å². The van der Waals surface area contributed by atoms with Crippen LogP contribution in [0.4, 0.5) is 5.82 Å². The quantitative estimate of drug-likeness (QED) is 0.742. The molecule has 1 aromatic heterocycles. The number of hydrogen-bond donors (Lipinski definition) is 1. The van der Waals surface area contributed by atoms with Crippen LogP contribution in [0.3, 0.4) is 0 Å². The Morgan fingerprint density at radius 2 is 2.20 bits per heavy atom. The minimum absolute atomic E-state index is 0.0930. The largest absolute Gasteiger partial charge is 0.359 e. The van der Waals surface area contributed by atoms with Crippen LogP contribution >= 0.6 is 0 Å². The highest BCUT2D eigenvalue weighted by atomic mass is 16.2. The average Bonchev–Trinajstić information content (AvgIpc) is 2.26. The van der Waals surface area contributed by atoms with Gasteiger partial charge in [0, 0.05) is 26.5 Å². The minimum Gasteiger partial charge on any atom is -0.359 e. The lowest BCUT2D eigenvalue weighted by molar-refractivity contribution is -0.126. The zero-order valence-corrected chi connectivity index (χ0v) is 8.56. The Kier molecular flexibility index (Phi) is 3.57. The molecule has 0 fully saturated rings. The van der Waals surface area contributed by atoms with Gasteiger partial charge in [-0.1, -0.05) is 0 Å². The number of anilines is 1. The van der Waals surface area contributed by atoms with Crippen molar-refractivity contribution in [3.63, 3.8) is 0 Å². The van der Waals surface area contributed by atoms with E-state index in [9.17, 15) is 4.79 Å². The predicted molar refractivity (Wildman–Crippen MR) is 53.9 cm³/mol. The van der Waals surface area contributed by atoms with Crippen LogP contribution in [0.1, 0.15) is 5.69 Å². The Bertz CT molecular complexity index is 396. The van der Waals surface area contributed by atoms with Crippen LogP contribution in [-0.4, -0.2) is 41.4 Å². The van der Waals surface area contributed by atoms with Gasteiger partial charge >= 0.3 is 0 Å². The van der Waals surface area contributed by atoms with E-state index in [0.717, 1.165) is 0 Å². The van der Waals surface area contributed by atoms with Gasteiger partial charge in [0.15, 0.2) is 11.5 Å². The van der Waals surface area contributed by atoms with Gasteiger partial charge in [0.2, 0.25) is 5.91 Å². The molecular formula is C9H11N5O. The van der Waals surface area contributed by atoms with E-state index in [2.05, 4.69) is 15.3 Å². The maximum absolute atomic E-state index is 11.2. The van der Waals surface area contributed by atoms with Crippen LogP contribution in [0.2, 0.25) is 0 Å². The number of nitrogens with one attached hydrogen (secondary N) is 1. The van der Waals surface area contributed by atoms with Crippen molar-refractivity contribution in [1.29, 1.82) is 5.26 Å². The molecule has 15 heavy (non-hydrogen) atoms. The molecule has 6 nitrogen and oxygen atoms in total. The molecule has 0 spiro atoms. The highest BCUT2D eigenvalue weighted by Gasteiger charge is 2.07. The number of carbonyl (C=O) groups is 1. The SMILES string of the molecule is CN(C)C(=O)CNc1nccnc1C#N. The number of nitrogens with zero attached hydrogens (tertiary/aromatic N) is 4. The van der Waals surface area contributed by atoms with Gasteiger partial charge in [-0.05, 0) is 0 Å². The third-order valence-electron chi connectivity index (χ3n) is 1.71. The Hall–Kier alpha value is -2.16. The molecule has 0 aliphatic carbocycles. The van der Waals surface area contributed by atoms with E-state index in [0.29, 0.717) is 5.82 Å². The van der Waals surface area contributed by atoms with E-state index in [1.165, 1.54) is 17.3 Å². The molecule has 0 aliphatic heterocycles. The number of rotatable bonds is 3. The van der Waals surface area contributed by atoms with Crippen molar-refractivity contribution in [2.75, 3.05) is 26.0 Å². The summed E-state index contributed by atoms with van der Waals surface area (Å²) in [4.78, 5) is 20.4. The summed E-state index contributed by atoms with van der Waals surface area (Å²) in [6.45, 7) is 0.0976. The maximum atomic E-state index is 11.2. The van der Waals surface area contributed by atoms with Crippen LogP contribution < -0.4 is 5.32 Å². The fourth-order valence-corrected chi connectivity index (χ4v) is 0.867. The van der Waals surface area contributed by atoms with E-state index in [1.54, 1.807) is 14.1 Å². The highest BCUT2D eigenvalue weighted by Crippen LogP contribution is 2.05. The summed E-state index contributed by atoms with van der Waals surface area (Å²) in [6, 6.07) is 1.89. The molecule has 1 N–H and O–H groups in total. The lowest BCUT2D eigenvalue weighted by Crippen LogP contribution is -2.29. The third kappa shape index (κ3) is 2.91. The second-order valence-corrected chi connectivity index (χ2v) is 3.01. The van der Waals surface area contributed by atoms with Gasteiger partial charge in [-0.2, -0.15) is 5.26 Å². The monoisotopic (exact) mass is 205 g/mol. The molecular weight excluding hydrogens is 194 g/mol. The number of amides is 1. The highest BCUT2D eigenvalue weighted by molar-refractivity contribution is 5.80. The molecule has 0 aromatic carbocycles. The maximum Gasteiger partial charge on any atom is 0.241 e. The van der Waals surface area contributed by atoms with Crippen LogP contribution in [0, 0.1) is 11.3 Å². The Morgan fingerprint density at radius 3 is 2.80 bits per heavy atom. The summed E-state index contributed by atoms with van der Waals surface area (Å²) in [6.07, 6.45) is 2.89. The van der Waals surface area contributed by atoms with E-state index in [-0.39, 0.29) is 18.1 Å². The average molecular weight is 205 g/mol. The summed E-state index contributed by atoms with van der Waals surface area (Å²) in [5, 5.41) is 11.5. The summed E-state index contributed by atoms with van der Waals surface area (Å²) in [7, 11) is 3.32. The molecule has 1 heterocycles. The number of carbonyl (C=O) groups excluding carboxylic acids is 1. The third-order valence-corrected chi connectivity index (χ3v) is 1.71. The van der Waals surface area contributed by atoms with Crippen LogP contribution in [-0.2, 0) is 4.79 Å². The molecule has 0 aliphatic rings. The van der Waals surface area contributed by atoms with E-state index >= 15 is 0 Å². The molecule has 0 saturated carbocycles. The zero-order valence-electron chi connectivity index (χ0n) is 8.56. The lowest BCUT2D eigenvalue weighted by Gasteiger charge is -2.11. The van der Waals surface area contributed by atoms with Gasteiger partial charge in [-0.15, -0.1) is 0 Å². The van der Waals surface area contributed by atoms with Crippen molar-refractivity contribution in [1.82, 2.24) is 14.9 Å². The number of nitriles is 1. The van der Waals surface area contributed by atoms with E-state index in [1.807, 2.05) is 6.07 Å². The van der Waals surface area contributed by atoms with Crippen molar-refractivity contribution in [2.45, 2.75) is 0 Å².